The van der Waals surface area contributed by atoms with Crippen LogP contribution in [-0.4, -0.2) is 25.8 Å². The van der Waals surface area contributed by atoms with Crippen LogP contribution in [0.25, 0.3) is 0 Å². The average Bonchev–Trinajstić information content (AvgIpc) is 3.10. The van der Waals surface area contributed by atoms with Crippen LogP contribution >= 0.6 is 22.9 Å². The zero-order valence-electron chi connectivity index (χ0n) is 11.4. The van der Waals surface area contributed by atoms with Gasteiger partial charge in [0.25, 0.3) is 0 Å². The molecule has 1 atom stereocenters. The highest BCUT2D eigenvalue weighted by atomic mass is 35.5. The molecule has 1 saturated heterocycles. The van der Waals surface area contributed by atoms with Gasteiger partial charge in [0.1, 0.15) is 0 Å². The highest BCUT2D eigenvalue weighted by molar-refractivity contribution is 7.88. The van der Waals surface area contributed by atoms with Gasteiger partial charge in [0.2, 0.25) is 10.0 Å². The Labute approximate surface area is 134 Å². The van der Waals surface area contributed by atoms with E-state index in [1.807, 2.05) is 5.38 Å². The third kappa shape index (κ3) is 3.48. The van der Waals surface area contributed by atoms with Crippen molar-refractivity contribution in [3.63, 3.8) is 0 Å². The van der Waals surface area contributed by atoms with E-state index in [0.717, 1.165) is 12.0 Å². The summed E-state index contributed by atoms with van der Waals surface area (Å²) in [7, 11) is -3.28. The highest BCUT2D eigenvalue weighted by Crippen LogP contribution is 2.31. The summed E-state index contributed by atoms with van der Waals surface area (Å²) in [4.78, 5) is 0. The van der Waals surface area contributed by atoms with Gasteiger partial charge >= 0.3 is 0 Å². The van der Waals surface area contributed by atoms with Gasteiger partial charge in [0.15, 0.2) is 0 Å². The largest absolute Gasteiger partial charge is 0.218 e. The molecule has 0 spiro atoms. The number of sulfonamides is 1. The van der Waals surface area contributed by atoms with Crippen molar-refractivity contribution in [2.75, 3.05) is 13.1 Å². The van der Waals surface area contributed by atoms with Gasteiger partial charge in [-0.25, -0.2) is 12.7 Å². The Kier molecular flexibility index (Phi) is 4.36. The molecule has 0 radical (unpaired) electrons. The molecular weight excluding hydrogens is 326 g/mol. The van der Waals surface area contributed by atoms with Crippen LogP contribution in [-0.2, 0) is 15.8 Å². The quantitative estimate of drug-likeness (QED) is 0.850. The summed E-state index contributed by atoms with van der Waals surface area (Å²) in [6.45, 7) is 1.18. The summed E-state index contributed by atoms with van der Waals surface area (Å²) in [6, 6.07) is 9.13. The summed E-state index contributed by atoms with van der Waals surface area (Å²) in [5.74, 6) is 0.342. The lowest BCUT2D eigenvalue weighted by atomic mass is 10.0. The van der Waals surface area contributed by atoms with Crippen molar-refractivity contribution in [1.29, 1.82) is 0 Å². The van der Waals surface area contributed by atoms with Crippen molar-refractivity contribution in [2.24, 2.45) is 0 Å². The van der Waals surface area contributed by atoms with E-state index in [-0.39, 0.29) is 5.75 Å². The fraction of sp³-hybridized carbons (Fsp3) is 0.333. The lowest BCUT2D eigenvalue weighted by Gasteiger charge is -2.16. The van der Waals surface area contributed by atoms with Gasteiger partial charge in [-0.1, -0.05) is 23.7 Å². The van der Waals surface area contributed by atoms with E-state index in [4.69, 9.17) is 11.6 Å². The molecular formula is C15H16ClNO2S2. The average molecular weight is 342 g/mol. The molecule has 6 heteroatoms. The Balaban J connectivity index is 1.71. The number of nitrogens with zero attached hydrogens (tertiary/aromatic N) is 1. The Morgan fingerprint density at radius 2 is 2.19 bits per heavy atom. The van der Waals surface area contributed by atoms with Crippen LogP contribution in [0.4, 0.5) is 0 Å². The van der Waals surface area contributed by atoms with Crippen molar-refractivity contribution in [2.45, 2.75) is 18.1 Å². The molecule has 0 N–H and O–H groups in total. The van der Waals surface area contributed by atoms with E-state index >= 15 is 0 Å². The number of rotatable bonds is 4. The second kappa shape index (κ2) is 6.08. The predicted molar refractivity (Wildman–Crippen MR) is 87.3 cm³/mol. The van der Waals surface area contributed by atoms with E-state index in [2.05, 4.69) is 11.4 Å². The zero-order chi connectivity index (χ0) is 14.9. The van der Waals surface area contributed by atoms with Crippen LogP contribution in [0.1, 0.15) is 23.5 Å². The van der Waals surface area contributed by atoms with Crippen molar-refractivity contribution < 1.29 is 8.42 Å². The SMILES string of the molecule is O=S(=O)(Cc1cccc(Cl)c1)N1CCC(c2ccsc2)C1. The minimum absolute atomic E-state index is 0.0178. The van der Waals surface area contributed by atoms with Gasteiger partial charge in [0, 0.05) is 18.1 Å². The maximum absolute atomic E-state index is 12.5. The second-order valence-corrected chi connectivity index (χ2v) is 8.47. The Morgan fingerprint density at radius 3 is 2.90 bits per heavy atom. The van der Waals surface area contributed by atoms with Crippen molar-refractivity contribution in [3.05, 3.63) is 57.2 Å². The van der Waals surface area contributed by atoms with Crippen LogP contribution in [0.15, 0.2) is 41.1 Å². The van der Waals surface area contributed by atoms with Gasteiger partial charge in [-0.2, -0.15) is 11.3 Å². The lowest BCUT2D eigenvalue weighted by molar-refractivity contribution is 0.472. The molecule has 3 nitrogen and oxygen atoms in total. The van der Waals surface area contributed by atoms with Crippen molar-refractivity contribution in [1.82, 2.24) is 4.31 Å². The normalized spacial score (nSPS) is 20.0. The maximum atomic E-state index is 12.5. The first-order chi connectivity index (χ1) is 10.0. The number of benzene rings is 1. The van der Waals surface area contributed by atoms with Crippen LogP contribution in [0.3, 0.4) is 0 Å². The first-order valence-electron chi connectivity index (χ1n) is 6.79. The number of hydrogen-bond acceptors (Lipinski definition) is 3. The Bertz CT molecular complexity index is 713. The molecule has 1 aliphatic heterocycles. The molecule has 3 rings (SSSR count). The molecule has 1 aromatic heterocycles. The van der Waals surface area contributed by atoms with E-state index in [0.29, 0.717) is 24.0 Å². The highest BCUT2D eigenvalue weighted by Gasteiger charge is 2.32. The van der Waals surface area contributed by atoms with Gasteiger partial charge in [-0.3, -0.25) is 0 Å². The molecule has 21 heavy (non-hydrogen) atoms. The van der Waals surface area contributed by atoms with Crippen molar-refractivity contribution >= 4 is 33.0 Å². The minimum Gasteiger partial charge on any atom is -0.212 e. The van der Waals surface area contributed by atoms with E-state index in [1.165, 1.54) is 5.56 Å². The van der Waals surface area contributed by atoms with Gasteiger partial charge in [-0.05, 0) is 52.4 Å². The zero-order valence-corrected chi connectivity index (χ0v) is 13.8. The monoisotopic (exact) mass is 341 g/mol. The van der Waals surface area contributed by atoms with Gasteiger partial charge < -0.3 is 0 Å². The summed E-state index contributed by atoms with van der Waals surface area (Å²) in [5.41, 5.74) is 1.99. The lowest BCUT2D eigenvalue weighted by Crippen LogP contribution is -2.29. The molecule has 1 fully saturated rings. The fourth-order valence-corrected chi connectivity index (χ4v) is 5.22. The Morgan fingerprint density at radius 1 is 1.33 bits per heavy atom. The predicted octanol–water partition coefficient (Wildman–Crippen LogP) is 3.72. The van der Waals surface area contributed by atoms with E-state index in [1.54, 1.807) is 39.9 Å². The molecule has 2 heterocycles. The number of hydrogen-bond donors (Lipinski definition) is 0. The second-order valence-electron chi connectivity index (χ2n) is 5.29. The third-order valence-corrected chi connectivity index (χ3v) is 6.55. The molecule has 0 aliphatic carbocycles. The standard InChI is InChI=1S/C15H16ClNO2S2/c16-15-3-1-2-12(8-15)11-21(18,19)17-6-4-13(9-17)14-5-7-20-10-14/h1-3,5,7-8,10,13H,4,6,9,11H2. The van der Waals surface area contributed by atoms with Crippen LogP contribution < -0.4 is 0 Å². The van der Waals surface area contributed by atoms with E-state index in [9.17, 15) is 8.42 Å². The summed E-state index contributed by atoms with van der Waals surface area (Å²) in [6.07, 6.45) is 0.894. The third-order valence-electron chi connectivity index (χ3n) is 3.80. The van der Waals surface area contributed by atoms with Crippen LogP contribution in [0, 0.1) is 0 Å². The summed E-state index contributed by atoms with van der Waals surface area (Å²) in [5, 5.41) is 4.72. The maximum Gasteiger partial charge on any atom is 0.218 e. The summed E-state index contributed by atoms with van der Waals surface area (Å²) < 4.78 is 26.6. The molecule has 0 amide bonds. The first kappa shape index (κ1) is 15.0. The van der Waals surface area contributed by atoms with Crippen LogP contribution in [0.5, 0.6) is 0 Å². The Hall–Kier alpha value is -0.880. The molecule has 1 aromatic carbocycles. The van der Waals surface area contributed by atoms with Crippen molar-refractivity contribution in [3.8, 4) is 0 Å². The topological polar surface area (TPSA) is 37.4 Å². The molecule has 1 aliphatic rings. The molecule has 0 saturated carbocycles. The molecule has 0 bridgehead atoms. The first-order valence-corrected chi connectivity index (χ1v) is 9.72. The summed E-state index contributed by atoms with van der Waals surface area (Å²) >= 11 is 7.57. The fourth-order valence-electron chi connectivity index (χ4n) is 2.69. The number of thiophene rings is 1. The molecule has 1 unspecified atom stereocenters. The molecule has 112 valence electrons. The number of halogens is 1. The van der Waals surface area contributed by atoms with Gasteiger partial charge in [-0.15, -0.1) is 0 Å². The van der Waals surface area contributed by atoms with Gasteiger partial charge in [0.05, 0.1) is 5.75 Å². The van der Waals surface area contributed by atoms with Crippen LogP contribution in [0.2, 0.25) is 5.02 Å². The smallest absolute Gasteiger partial charge is 0.212 e. The minimum atomic E-state index is -3.28. The molecule has 2 aromatic rings. The van der Waals surface area contributed by atoms with E-state index < -0.39 is 10.0 Å².